The molecule has 0 aliphatic carbocycles. The Kier molecular flexibility index (Phi) is 4.52. The van der Waals surface area contributed by atoms with Crippen molar-refractivity contribution < 1.29 is 8.42 Å². The largest absolute Gasteiger partial charge is 0.330 e. The molecule has 0 bridgehead atoms. The fraction of sp³-hybridized carbons (Fsp3) is 0.600. The van der Waals surface area contributed by atoms with Crippen LogP contribution in [-0.4, -0.2) is 32.4 Å². The maximum atomic E-state index is 12.6. The molecule has 0 saturated carbocycles. The zero-order chi connectivity index (χ0) is 14.8. The maximum Gasteiger partial charge on any atom is 0.243 e. The molecule has 2 N–H and O–H groups in total. The van der Waals surface area contributed by atoms with Gasteiger partial charge >= 0.3 is 0 Å². The van der Waals surface area contributed by atoms with E-state index in [1.54, 1.807) is 16.4 Å². The maximum absolute atomic E-state index is 12.6. The van der Waals surface area contributed by atoms with Crippen molar-refractivity contribution in [2.24, 2.45) is 11.1 Å². The summed E-state index contributed by atoms with van der Waals surface area (Å²) in [4.78, 5) is 0.387. The minimum atomic E-state index is -3.34. The van der Waals surface area contributed by atoms with Gasteiger partial charge in [-0.05, 0) is 48.9 Å². The molecule has 20 heavy (non-hydrogen) atoms. The molecule has 112 valence electrons. The SMILES string of the molecule is CC1(C)CCN(S(=O)(=O)c2ccc(CCN)cc2)CC1. The number of hydrogen-bond donors (Lipinski definition) is 1. The van der Waals surface area contributed by atoms with E-state index >= 15 is 0 Å². The summed E-state index contributed by atoms with van der Waals surface area (Å²) in [6.45, 7) is 6.18. The van der Waals surface area contributed by atoms with Crippen LogP contribution in [0.4, 0.5) is 0 Å². The molecule has 1 saturated heterocycles. The Labute approximate surface area is 122 Å². The minimum Gasteiger partial charge on any atom is -0.330 e. The third kappa shape index (κ3) is 3.40. The van der Waals surface area contributed by atoms with Gasteiger partial charge in [0, 0.05) is 13.1 Å². The molecule has 2 rings (SSSR count). The van der Waals surface area contributed by atoms with E-state index in [0.29, 0.717) is 24.5 Å². The van der Waals surface area contributed by atoms with Gasteiger partial charge in [-0.15, -0.1) is 0 Å². The number of piperidine rings is 1. The molecule has 0 atom stereocenters. The molecule has 0 radical (unpaired) electrons. The first-order valence-corrected chi connectivity index (χ1v) is 8.58. The van der Waals surface area contributed by atoms with E-state index in [-0.39, 0.29) is 5.41 Å². The highest BCUT2D eigenvalue weighted by Crippen LogP contribution is 2.32. The molecule has 4 nitrogen and oxygen atoms in total. The van der Waals surface area contributed by atoms with Crippen LogP contribution in [-0.2, 0) is 16.4 Å². The van der Waals surface area contributed by atoms with Crippen molar-refractivity contribution >= 4 is 10.0 Å². The van der Waals surface area contributed by atoms with Gasteiger partial charge in [0.15, 0.2) is 0 Å². The van der Waals surface area contributed by atoms with Crippen LogP contribution in [0.1, 0.15) is 32.3 Å². The Hall–Kier alpha value is -0.910. The van der Waals surface area contributed by atoms with Crippen LogP contribution < -0.4 is 5.73 Å². The molecular formula is C15H24N2O2S. The molecule has 1 aromatic rings. The van der Waals surface area contributed by atoms with Crippen molar-refractivity contribution in [2.45, 2.75) is 38.0 Å². The number of nitrogens with two attached hydrogens (primary N) is 1. The molecule has 1 aliphatic heterocycles. The molecule has 0 spiro atoms. The fourth-order valence-corrected chi connectivity index (χ4v) is 3.92. The fourth-order valence-electron chi connectivity index (χ4n) is 2.48. The van der Waals surface area contributed by atoms with Crippen molar-refractivity contribution in [2.75, 3.05) is 19.6 Å². The van der Waals surface area contributed by atoms with Crippen molar-refractivity contribution in [1.82, 2.24) is 4.31 Å². The highest BCUT2D eigenvalue weighted by molar-refractivity contribution is 7.89. The Morgan fingerprint density at radius 1 is 1.15 bits per heavy atom. The van der Waals surface area contributed by atoms with Crippen LogP contribution in [0.2, 0.25) is 0 Å². The van der Waals surface area contributed by atoms with E-state index in [4.69, 9.17) is 5.73 Å². The molecule has 1 fully saturated rings. The smallest absolute Gasteiger partial charge is 0.243 e. The summed E-state index contributed by atoms with van der Waals surface area (Å²) in [5.41, 5.74) is 6.82. The Morgan fingerprint density at radius 2 is 1.70 bits per heavy atom. The lowest BCUT2D eigenvalue weighted by Gasteiger charge is -2.36. The highest BCUT2D eigenvalue weighted by Gasteiger charge is 2.32. The van der Waals surface area contributed by atoms with Gasteiger partial charge in [-0.1, -0.05) is 26.0 Å². The van der Waals surface area contributed by atoms with Crippen molar-refractivity contribution in [3.8, 4) is 0 Å². The standard InChI is InChI=1S/C15H24N2O2S/c1-15(2)8-11-17(12-9-15)20(18,19)14-5-3-13(4-6-14)7-10-16/h3-6H,7-12,16H2,1-2H3. The van der Waals surface area contributed by atoms with Gasteiger partial charge in [-0.3, -0.25) is 0 Å². The van der Waals surface area contributed by atoms with Gasteiger partial charge in [0.05, 0.1) is 4.90 Å². The van der Waals surface area contributed by atoms with Crippen molar-refractivity contribution in [3.05, 3.63) is 29.8 Å². The summed E-state index contributed by atoms with van der Waals surface area (Å²) in [6.07, 6.45) is 2.60. The average Bonchev–Trinajstić information content (AvgIpc) is 2.39. The molecule has 1 heterocycles. The lowest BCUT2D eigenvalue weighted by Crippen LogP contribution is -2.41. The van der Waals surface area contributed by atoms with Crippen LogP contribution in [0, 0.1) is 5.41 Å². The molecule has 0 aromatic heterocycles. The number of nitrogens with zero attached hydrogens (tertiary/aromatic N) is 1. The molecule has 0 unspecified atom stereocenters. The van der Waals surface area contributed by atoms with Crippen molar-refractivity contribution in [3.63, 3.8) is 0 Å². The Balaban J connectivity index is 2.14. The zero-order valence-electron chi connectivity index (χ0n) is 12.3. The van der Waals surface area contributed by atoms with Gasteiger partial charge in [0.2, 0.25) is 10.0 Å². The molecule has 1 aromatic carbocycles. The zero-order valence-corrected chi connectivity index (χ0v) is 13.1. The van der Waals surface area contributed by atoms with E-state index in [0.717, 1.165) is 24.8 Å². The summed E-state index contributed by atoms with van der Waals surface area (Å²) in [5.74, 6) is 0. The van der Waals surface area contributed by atoms with Gasteiger partial charge in [-0.2, -0.15) is 4.31 Å². The third-order valence-corrected chi connectivity index (χ3v) is 5.98. The quantitative estimate of drug-likeness (QED) is 0.924. The van der Waals surface area contributed by atoms with Gasteiger partial charge in [-0.25, -0.2) is 8.42 Å². The normalized spacial score (nSPS) is 19.9. The van der Waals surface area contributed by atoms with E-state index < -0.39 is 10.0 Å². The third-order valence-electron chi connectivity index (χ3n) is 4.07. The first kappa shape index (κ1) is 15.5. The second kappa shape index (κ2) is 5.84. The Bertz CT molecular complexity index is 540. The number of sulfonamides is 1. The summed E-state index contributed by atoms with van der Waals surface area (Å²) >= 11 is 0. The van der Waals surface area contributed by atoms with E-state index in [1.165, 1.54) is 0 Å². The summed E-state index contributed by atoms with van der Waals surface area (Å²) in [5, 5.41) is 0. The second-order valence-corrected chi connectivity index (χ2v) is 8.19. The average molecular weight is 296 g/mol. The monoisotopic (exact) mass is 296 g/mol. The highest BCUT2D eigenvalue weighted by atomic mass is 32.2. The number of hydrogen-bond acceptors (Lipinski definition) is 3. The van der Waals surface area contributed by atoms with Crippen LogP contribution >= 0.6 is 0 Å². The second-order valence-electron chi connectivity index (χ2n) is 6.25. The lowest BCUT2D eigenvalue weighted by molar-refractivity contribution is 0.196. The summed E-state index contributed by atoms with van der Waals surface area (Å²) < 4.78 is 26.7. The molecule has 0 amide bonds. The van der Waals surface area contributed by atoms with E-state index in [2.05, 4.69) is 13.8 Å². The predicted octanol–water partition coefficient (Wildman–Crippen LogP) is 2.00. The number of benzene rings is 1. The van der Waals surface area contributed by atoms with Gasteiger partial charge < -0.3 is 5.73 Å². The predicted molar refractivity (Wildman–Crippen MR) is 81.0 cm³/mol. The first-order chi connectivity index (χ1) is 9.35. The van der Waals surface area contributed by atoms with Crippen LogP contribution in [0.25, 0.3) is 0 Å². The lowest BCUT2D eigenvalue weighted by atomic mass is 9.83. The van der Waals surface area contributed by atoms with Crippen molar-refractivity contribution in [1.29, 1.82) is 0 Å². The van der Waals surface area contributed by atoms with Crippen LogP contribution in [0.5, 0.6) is 0 Å². The van der Waals surface area contributed by atoms with Crippen LogP contribution in [0.15, 0.2) is 29.2 Å². The van der Waals surface area contributed by atoms with E-state index in [1.807, 2.05) is 12.1 Å². The van der Waals surface area contributed by atoms with E-state index in [9.17, 15) is 8.42 Å². The van der Waals surface area contributed by atoms with Gasteiger partial charge in [0.1, 0.15) is 0 Å². The topological polar surface area (TPSA) is 63.4 Å². The Morgan fingerprint density at radius 3 is 2.20 bits per heavy atom. The molecule has 1 aliphatic rings. The first-order valence-electron chi connectivity index (χ1n) is 7.14. The van der Waals surface area contributed by atoms with Gasteiger partial charge in [0.25, 0.3) is 0 Å². The summed E-state index contributed by atoms with van der Waals surface area (Å²) in [7, 11) is -3.34. The number of rotatable bonds is 4. The van der Waals surface area contributed by atoms with Crippen LogP contribution in [0.3, 0.4) is 0 Å². The molecular weight excluding hydrogens is 272 g/mol. The minimum absolute atomic E-state index is 0.247. The molecule has 5 heteroatoms. The summed E-state index contributed by atoms with van der Waals surface area (Å²) in [6, 6.07) is 7.10.